The van der Waals surface area contributed by atoms with Gasteiger partial charge in [-0.15, -0.1) is 0 Å². The van der Waals surface area contributed by atoms with Gasteiger partial charge in [0.1, 0.15) is 0 Å². The van der Waals surface area contributed by atoms with Crippen molar-refractivity contribution in [2.24, 2.45) is 0 Å². The molecule has 1 rings (SSSR count). The van der Waals surface area contributed by atoms with Crippen LogP contribution < -0.4 is 0 Å². The van der Waals surface area contributed by atoms with E-state index in [-0.39, 0.29) is 4.48 Å². The number of esters is 2. The lowest BCUT2D eigenvalue weighted by molar-refractivity contribution is -0.157. The molecule has 0 N–H and O–H groups in total. The van der Waals surface area contributed by atoms with Crippen LogP contribution in [-0.4, -0.2) is 24.6 Å². The fourth-order valence-corrected chi connectivity index (χ4v) is 0.871. The number of halogens is 1. The molecule has 1 aliphatic rings. The van der Waals surface area contributed by atoms with Crippen LogP contribution in [0.25, 0.3) is 0 Å². The summed E-state index contributed by atoms with van der Waals surface area (Å²) in [5.41, 5.74) is 0. The zero-order valence-corrected chi connectivity index (χ0v) is 7.80. The first-order chi connectivity index (χ1) is 5.61. The zero-order chi connectivity index (χ0) is 9.14. The van der Waals surface area contributed by atoms with Gasteiger partial charge in [0.25, 0.3) is 0 Å². The molecule has 1 heterocycles. The van der Waals surface area contributed by atoms with Gasteiger partial charge in [0, 0.05) is 6.42 Å². The van der Waals surface area contributed by atoms with Gasteiger partial charge in [-0.05, 0) is 15.9 Å². The molecule has 5 heteroatoms. The van der Waals surface area contributed by atoms with Crippen molar-refractivity contribution in [1.29, 1.82) is 0 Å². The highest BCUT2D eigenvalue weighted by molar-refractivity contribution is 9.12. The number of ether oxygens (including phenoxy) is 2. The van der Waals surface area contributed by atoms with Crippen LogP contribution in [0, 0.1) is 0 Å². The minimum absolute atomic E-state index is 0.0993. The van der Waals surface area contributed by atoms with Crippen LogP contribution in [0.1, 0.15) is 6.42 Å². The van der Waals surface area contributed by atoms with E-state index in [9.17, 15) is 9.59 Å². The van der Waals surface area contributed by atoms with E-state index in [1.54, 1.807) is 0 Å². The highest BCUT2D eigenvalue weighted by Crippen LogP contribution is 2.13. The second-order valence-corrected chi connectivity index (χ2v) is 3.21. The van der Waals surface area contributed by atoms with Gasteiger partial charge in [-0.25, -0.2) is 9.59 Å². The molecular weight excluding hydrogens is 228 g/mol. The van der Waals surface area contributed by atoms with Crippen molar-refractivity contribution in [3.63, 3.8) is 0 Å². The summed E-state index contributed by atoms with van der Waals surface area (Å²) in [4.78, 5) is 21.7. The fraction of sp³-hybridized carbons (Fsp3) is 0.429. The molecular formula is C7H7BrO4. The molecule has 0 radical (unpaired) electrons. The quantitative estimate of drug-likeness (QED) is 0.523. The summed E-state index contributed by atoms with van der Waals surface area (Å²) in [5.74, 6) is -1.11. The lowest BCUT2D eigenvalue weighted by Crippen LogP contribution is -2.22. The predicted molar refractivity (Wildman–Crippen MR) is 43.5 cm³/mol. The highest BCUT2D eigenvalue weighted by Gasteiger charge is 2.30. The van der Waals surface area contributed by atoms with E-state index < -0.39 is 18.0 Å². The SMILES string of the molecule is C=C(Br)C(=O)OC1CCOC1=O. The van der Waals surface area contributed by atoms with Gasteiger partial charge < -0.3 is 9.47 Å². The summed E-state index contributed by atoms with van der Waals surface area (Å²) < 4.78 is 9.41. The standard InChI is InChI=1S/C7H7BrO4/c1-4(8)6(9)12-5-2-3-11-7(5)10/h5H,1-3H2. The van der Waals surface area contributed by atoms with E-state index in [2.05, 4.69) is 27.2 Å². The Balaban J connectivity index is 2.46. The smallest absolute Gasteiger partial charge is 0.347 e. The van der Waals surface area contributed by atoms with Gasteiger partial charge >= 0.3 is 11.9 Å². The molecule has 12 heavy (non-hydrogen) atoms. The van der Waals surface area contributed by atoms with E-state index in [1.165, 1.54) is 0 Å². The maximum atomic E-state index is 10.9. The summed E-state index contributed by atoms with van der Waals surface area (Å²) in [6.45, 7) is 3.62. The monoisotopic (exact) mass is 234 g/mol. The number of hydrogen-bond donors (Lipinski definition) is 0. The number of cyclic esters (lactones) is 1. The third kappa shape index (κ3) is 2.07. The third-order valence-corrected chi connectivity index (χ3v) is 1.68. The molecule has 1 atom stereocenters. The van der Waals surface area contributed by atoms with Gasteiger partial charge in [0.2, 0.25) is 6.10 Å². The van der Waals surface area contributed by atoms with Crippen LogP contribution in [0.4, 0.5) is 0 Å². The van der Waals surface area contributed by atoms with Crippen LogP contribution in [0.2, 0.25) is 0 Å². The second kappa shape index (κ2) is 3.71. The number of carbonyl (C=O) groups is 2. The van der Waals surface area contributed by atoms with Crippen LogP contribution in [0.15, 0.2) is 11.1 Å². The molecule has 0 amide bonds. The van der Waals surface area contributed by atoms with E-state index in [4.69, 9.17) is 4.74 Å². The highest BCUT2D eigenvalue weighted by atomic mass is 79.9. The molecule has 1 fully saturated rings. The Labute approximate surface area is 77.7 Å². The van der Waals surface area contributed by atoms with Gasteiger partial charge in [-0.1, -0.05) is 6.58 Å². The first-order valence-corrected chi connectivity index (χ1v) is 4.12. The largest absolute Gasteiger partial charge is 0.463 e. The van der Waals surface area contributed by atoms with E-state index >= 15 is 0 Å². The maximum Gasteiger partial charge on any atom is 0.347 e. The first-order valence-electron chi connectivity index (χ1n) is 3.33. The fourth-order valence-electron chi connectivity index (χ4n) is 0.778. The predicted octanol–water partition coefficient (Wildman–Crippen LogP) is 0.754. The van der Waals surface area contributed by atoms with Gasteiger partial charge in [0.05, 0.1) is 11.1 Å². The first kappa shape index (κ1) is 9.25. The van der Waals surface area contributed by atoms with Crippen molar-refractivity contribution in [3.8, 4) is 0 Å². The Bertz CT molecular complexity index is 236. The van der Waals surface area contributed by atoms with E-state index in [1.807, 2.05) is 0 Å². The van der Waals surface area contributed by atoms with Crippen molar-refractivity contribution in [2.45, 2.75) is 12.5 Å². The Morgan fingerprint density at radius 2 is 2.42 bits per heavy atom. The Morgan fingerprint density at radius 1 is 1.75 bits per heavy atom. The number of rotatable bonds is 2. The summed E-state index contributed by atoms with van der Waals surface area (Å²) in [6.07, 6.45) is -0.336. The third-order valence-electron chi connectivity index (χ3n) is 1.36. The number of hydrogen-bond acceptors (Lipinski definition) is 4. The lowest BCUT2D eigenvalue weighted by Gasteiger charge is -2.06. The molecule has 0 spiro atoms. The molecule has 0 aromatic rings. The maximum absolute atomic E-state index is 10.9. The molecule has 1 unspecified atom stereocenters. The molecule has 66 valence electrons. The van der Waals surface area contributed by atoms with Crippen LogP contribution in [-0.2, 0) is 19.1 Å². The second-order valence-electron chi connectivity index (χ2n) is 2.26. The average Bonchev–Trinajstić information content (AvgIpc) is 2.36. The molecule has 1 saturated heterocycles. The summed E-state index contributed by atoms with van der Waals surface area (Å²) in [5, 5.41) is 0. The molecule has 0 bridgehead atoms. The van der Waals surface area contributed by atoms with Crippen molar-refractivity contribution in [1.82, 2.24) is 0 Å². The molecule has 0 saturated carbocycles. The normalized spacial score (nSPS) is 21.8. The Kier molecular flexibility index (Phi) is 2.86. The van der Waals surface area contributed by atoms with Crippen molar-refractivity contribution in [3.05, 3.63) is 11.1 Å². The van der Waals surface area contributed by atoms with Crippen LogP contribution in [0.3, 0.4) is 0 Å². The zero-order valence-electron chi connectivity index (χ0n) is 6.21. The van der Waals surface area contributed by atoms with E-state index in [0.29, 0.717) is 13.0 Å². The molecule has 0 aromatic heterocycles. The minimum Gasteiger partial charge on any atom is -0.463 e. The average molecular weight is 235 g/mol. The molecule has 1 aliphatic heterocycles. The number of carbonyl (C=O) groups excluding carboxylic acids is 2. The van der Waals surface area contributed by atoms with Crippen molar-refractivity contribution < 1.29 is 19.1 Å². The van der Waals surface area contributed by atoms with Gasteiger partial charge in [0.15, 0.2) is 0 Å². The van der Waals surface area contributed by atoms with Crippen molar-refractivity contribution in [2.75, 3.05) is 6.61 Å². The van der Waals surface area contributed by atoms with Gasteiger partial charge in [-0.2, -0.15) is 0 Å². The minimum atomic E-state index is -0.758. The lowest BCUT2D eigenvalue weighted by atomic mass is 10.3. The van der Waals surface area contributed by atoms with Gasteiger partial charge in [-0.3, -0.25) is 0 Å². The molecule has 4 nitrogen and oxygen atoms in total. The Hall–Kier alpha value is -0.840. The Morgan fingerprint density at radius 3 is 2.83 bits per heavy atom. The van der Waals surface area contributed by atoms with Crippen LogP contribution >= 0.6 is 15.9 Å². The molecule has 0 aliphatic carbocycles. The summed E-state index contributed by atoms with van der Waals surface area (Å²) in [6, 6.07) is 0. The van der Waals surface area contributed by atoms with Crippen LogP contribution in [0.5, 0.6) is 0 Å². The molecule has 0 aromatic carbocycles. The summed E-state index contributed by atoms with van der Waals surface area (Å²) in [7, 11) is 0. The van der Waals surface area contributed by atoms with E-state index in [0.717, 1.165) is 0 Å². The topological polar surface area (TPSA) is 52.6 Å². The van der Waals surface area contributed by atoms with Crippen molar-refractivity contribution >= 4 is 27.9 Å². The summed E-state index contributed by atoms with van der Waals surface area (Å²) >= 11 is 2.85.